The van der Waals surface area contributed by atoms with Crippen LogP contribution in [0.1, 0.15) is 43.4 Å². The first-order valence-corrected chi connectivity index (χ1v) is 9.05. The van der Waals surface area contributed by atoms with E-state index in [4.69, 9.17) is 4.74 Å². The average Bonchev–Trinajstić information content (AvgIpc) is 3.38. The van der Waals surface area contributed by atoms with Crippen LogP contribution in [0.15, 0.2) is 30.5 Å². The highest BCUT2D eigenvalue weighted by Crippen LogP contribution is 2.28. The molecule has 124 valence electrons. The zero-order valence-corrected chi connectivity index (χ0v) is 14.3. The molecule has 24 heavy (non-hydrogen) atoms. The first-order valence-electron chi connectivity index (χ1n) is 9.05. The number of ether oxygens (including phenoxy) is 1. The molecule has 1 unspecified atom stereocenters. The van der Waals surface area contributed by atoms with Gasteiger partial charge < -0.3 is 4.74 Å². The average molecular weight is 320 g/mol. The second-order valence-electron chi connectivity index (χ2n) is 6.94. The summed E-state index contributed by atoms with van der Waals surface area (Å²) in [5.74, 6) is 7.28. The van der Waals surface area contributed by atoms with Crippen LogP contribution in [0.25, 0.3) is 11.1 Å². The van der Waals surface area contributed by atoms with Crippen LogP contribution in [0.3, 0.4) is 0 Å². The topological polar surface area (TPSA) is 27.1 Å². The van der Waals surface area contributed by atoms with E-state index in [9.17, 15) is 0 Å². The second-order valence-corrected chi connectivity index (χ2v) is 6.94. The molecule has 0 amide bonds. The predicted octanol–water partition coefficient (Wildman–Crippen LogP) is 4.19. The van der Waals surface area contributed by atoms with Crippen LogP contribution in [0, 0.1) is 24.7 Å². The van der Waals surface area contributed by atoms with Crippen LogP contribution in [-0.2, 0) is 11.3 Å². The summed E-state index contributed by atoms with van der Waals surface area (Å²) >= 11 is 0. The Bertz CT molecular complexity index is 771. The fourth-order valence-electron chi connectivity index (χ4n) is 3.24. The van der Waals surface area contributed by atoms with Gasteiger partial charge in [-0.25, -0.2) is 0 Å². The fourth-order valence-corrected chi connectivity index (χ4v) is 3.24. The van der Waals surface area contributed by atoms with Gasteiger partial charge in [0.05, 0.1) is 18.8 Å². The van der Waals surface area contributed by atoms with Gasteiger partial charge in [-0.1, -0.05) is 24.0 Å². The molecule has 1 saturated heterocycles. The van der Waals surface area contributed by atoms with Crippen molar-refractivity contribution in [1.82, 2.24) is 9.78 Å². The Balaban J connectivity index is 1.53. The van der Waals surface area contributed by atoms with E-state index in [1.165, 1.54) is 42.5 Å². The predicted molar refractivity (Wildman–Crippen MR) is 95.6 cm³/mol. The molecule has 1 aliphatic heterocycles. The summed E-state index contributed by atoms with van der Waals surface area (Å²) in [6, 6.07) is 8.51. The number of rotatable bonds is 3. The van der Waals surface area contributed by atoms with E-state index < -0.39 is 0 Å². The Morgan fingerprint density at radius 3 is 2.96 bits per heavy atom. The van der Waals surface area contributed by atoms with Crippen molar-refractivity contribution in [2.24, 2.45) is 5.92 Å². The first-order chi connectivity index (χ1) is 11.8. The normalized spacial score (nSPS) is 20.5. The Labute approximate surface area is 144 Å². The molecule has 3 nitrogen and oxygen atoms in total. The molecule has 2 aromatic rings. The van der Waals surface area contributed by atoms with Gasteiger partial charge in [0.1, 0.15) is 0 Å². The van der Waals surface area contributed by atoms with Crippen molar-refractivity contribution in [2.45, 2.75) is 51.7 Å². The zero-order chi connectivity index (χ0) is 16.4. The van der Waals surface area contributed by atoms with Crippen molar-refractivity contribution in [3.8, 4) is 23.0 Å². The van der Waals surface area contributed by atoms with E-state index in [-0.39, 0.29) is 0 Å². The van der Waals surface area contributed by atoms with Crippen LogP contribution in [0.4, 0.5) is 0 Å². The Morgan fingerprint density at radius 2 is 2.17 bits per heavy atom. The van der Waals surface area contributed by atoms with Crippen molar-refractivity contribution in [3.63, 3.8) is 0 Å². The van der Waals surface area contributed by atoms with Gasteiger partial charge in [0.2, 0.25) is 0 Å². The molecule has 2 fully saturated rings. The van der Waals surface area contributed by atoms with Crippen LogP contribution in [-0.4, -0.2) is 22.5 Å². The maximum atomic E-state index is 5.85. The fraction of sp³-hybridized carbons (Fsp3) is 0.476. The quantitative estimate of drug-likeness (QED) is 0.793. The third-order valence-corrected chi connectivity index (χ3v) is 4.93. The van der Waals surface area contributed by atoms with Crippen LogP contribution < -0.4 is 0 Å². The molecule has 0 bridgehead atoms. The molecule has 2 heterocycles. The lowest BCUT2D eigenvalue weighted by molar-refractivity contribution is 0.00366. The SMILES string of the molecule is Cc1c(-c2cccc(C#CC3CC3)c2)cnn1CC1CCCCO1. The first kappa shape index (κ1) is 15.5. The minimum Gasteiger partial charge on any atom is -0.376 e. The largest absolute Gasteiger partial charge is 0.376 e. The lowest BCUT2D eigenvalue weighted by Crippen LogP contribution is -2.25. The molecule has 1 aromatic heterocycles. The number of aromatic nitrogens is 2. The van der Waals surface area contributed by atoms with E-state index >= 15 is 0 Å². The maximum absolute atomic E-state index is 5.85. The summed E-state index contributed by atoms with van der Waals surface area (Å²) in [4.78, 5) is 0. The molecule has 4 rings (SSSR count). The van der Waals surface area contributed by atoms with Crippen LogP contribution in [0.5, 0.6) is 0 Å². The highest BCUT2D eigenvalue weighted by atomic mass is 16.5. The van der Waals surface area contributed by atoms with Crippen molar-refractivity contribution >= 4 is 0 Å². The smallest absolute Gasteiger partial charge is 0.0771 e. The Morgan fingerprint density at radius 1 is 1.25 bits per heavy atom. The molecule has 3 heteroatoms. The summed E-state index contributed by atoms with van der Waals surface area (Å²) in [6.45, 7) is 3.89. The van der Waals surface area contributed by atoms with Gasteiger partial charge >= 0.3 is 0 Å². The van der Waals surface area contributed by atoms with E-state index in [0.29, 0.717) is 12.0 Å². The summed E-state index contributed by atoms with van der Waals surface area (Å²) in [5, 5.41) is 4.60. The van der Waals surface area contributed by atoms with Crippen molar-refractivity contribution in [1.29, 1.82) is 0 Å². The Kier molecular flexibility index (Phi) is 4.40. The third-order valence-electron chi connectivity index (χ3n) is 4.93. The van der Waals surface area contributed by atoms with Crippen LogP contribution in [0.2, 0.25) is 0 Å². The molecule has 0 spiro atoms. The van der Waals surface area contributed by atoms with Gasteiger partial charge in [0, 0.05) is 29.3 Å². The summed E-state index contributed by atoms with van der Waals surface area (Å²) in [6.07, 6.45) is 8.41. The molecule has 1 aromatic carbocycles. The highest BCUT2D eigenvalue weighted by Gasteiger charge is 2.18. The summed E-state index contributed by atoms with van der Waals surface area (Å²) < 4.78 is 7.94. The van der Waals surface area contributed by atoms with Crippen molar-refractivity contribution in [3.05, 3.63) is 41.7 Å². The zero-order valence-electron chi connectivity index (χ0n) is 14.3. The molecule has 1 aliphatic carbocycles. The molecule has 1 saturated carbocycles. The van der Waals surface area contributed by atoms with Gasteiger partial charge in [-0.15, -0.1) is 0 Å². The third kappa shape index (κ3) is 3.55. The minimum absolute atomic E-state index is 0.306. The van der Waals surface area contributed by atoms with E-state index in [1.807, 2.05) is 6.20 Å². The van der Waals surface area contributed by atoms with Gasteiger partial charge in [0.15, 0.2) is 0 Å². The highest BCUT2D eigenvalue weighted by molar-refractivity contribution is 5.67. The van der Waals surface area contributed by atoms with Gasteiger partial charge in [0.25, 0.3) is 0 Å². The molecular formula is C21H24N2O. The maximum Gasteiger partial charge on any atom is 0.0771 e. The van der Waals surface area contributed by atoms with Gasteiger partial charge in [-0.3, -0.25) is 4.68 Å². The molecule has 0 N–H and O–H groups in total. The monoisotopic (exact) mass is 320 g/mol. The summed E-state index contributed by atoms with van der Waals surface area (Å²) in [5.41, 5.74) is 4.70. The van der Waals surface area contributed by atoms with E-state index in [0.717, 1.165) is 25.1 Å². The second kappa shape index (κ2) is 6.83. The summed E-state index contributed by atoms with van der Waals surface area (Å²) in [7, 11) is 0. The van der Waals surface area contributed by atoms with Crippen molar-refractivity contribution in [2.75, 3.05) is 6.61 Å². The number of nitrogens with zero attached hydrogens (tertiary/aromatic N) is 2. The molecular weight excluding hydrogens is 296 g/mol. The number of benzene rings is 1. The lowest BCUT2D eigenvalue weighted by Gasteiger charge is -2.23. The minimum atomic E-state index is 0.306. The standard InChI is InChI=1S/C21H24N2O/c1-16-21(14-22-23(16)15-20-7-2-3-12-24-20)19-6-4-5-18(13-19)11-10-17-8-9-17/h4-6,13-14,17,20H,2-3,7-9,12,15H2,1H3. The number of hydrogen-bond acceptors (Lipinski definition) is 2. The van der Waals surface area contributed by atoms with Crippen molar-refractivity contribution < 1.29 is 4.74 Å². The molecule has 2 aliphatic rings. The lowest BCUT2D eigenvalue weighted by atomic mass is 10.0. The van der Waals surface area contributed by atoms with Crippen LogP contribution >= 0.6 is 0 Å². The van der Waals surface area contributed by atoms with Gasteiger partial charge in [-0.2, -0.15) is 5.10 Å². The van der Waals surface area contributed by atoms with E-state index in [2.05, 4.69) is 52.8 Å². The van der Waals surface area contributed by atoms with E-state index in [1.54, 1.807) is 0 Å². The van der Waals surface area contributed by atoms with Gasteiger partial charge in [-0.05, 0) is 56.7 Å². The molecule has 0 radical (unpaired) electrons. The number of hydrogen-bond donors (Lipinski definition) is 0. The molecule has 1 atom stereocenters. The Hall–Kier alpha value is -2.05.